The summed E-state index contributed by atoms with van der Waals surface area (Å²) >= 11 is 0. The Hall–Kier alpha value is -2.49. The largest absolute Gasteiger partial charge is 0.493 e. The molecule has 2 aromatic carbocycles. The van der Waals surface area contributed by atoms with Gasteiger partial charge in [-0.1, -0.05) is 30.3 Å². The molecule has 0 aromatic heterocycles. The molecule has 4 heteroatoms. The van der Waals surface area contributed by atoms with E-state index in [1.165, 1.54) is 5.56 Å². The number of ether oxygens (including phenoxy) is 2. The molecular weight excluding hydrogens is 314 g/mol. The van der Waals surface area contributed by atoms with Crippen LogP contribution in [0.3, 0.4) is 0 Å². The molecule has 3 rings (SSSR count). The van der Waals surface area contributed by atoms with Crippen LogP contribution in [0.25, 0.3) is 0 Å². The van der Waals surface area contributed by atoms with Crippen LogP contribution < -0.4 is 9.47 Å². The lowest BCUT2D eigenvalue weighted by Crippen LogP contribution is -2.41. The molecule has 1 aliphatic heterocycles. The van der Waals surface area contributed by atoms with Gasteiger partial charge in [-0.25, -0.2) is 0 Å². The Balaban J connectivity index is 1.38. The number of piperidine rings is 1. The van der Waals surface area contributed by atoms with Crippen LogP contribution in [0, 0.1) is 12.8 Å². The van der Waals surface area contributed by atoms with Gasteiger partial charge >= 0.3 is 0 Å². The average Bonchev–Trinajstić information content (AvgIpc) is 2.66. The highest BCUT2D eigenvalue weighted by Gasteiger charge is 2.23. The lowest BCUT2D eigenvalue weighted by molar-refractivity contribution is -0.134. The minimum Gasteiger partial charge on any atom is -0.493 e. The number of hydrogen-bond acceptors (Lipinski definition) is 3. The van der Waals surface area contributed by atoms with Gasteiger partial charge in [0.2, 0.25) is 0 Å². The van der Waals surface area contributed by atoms with Crippen LogP contribution in [-0.2, 0) is 4.79 Å². The van der Waals surface area contributed by atoms with E-state index in [0.29, 0.717) is 12.5 Å². The van der Waals surface area contributed by atoms with E-state index in [1.807, 2.05) is 47.4 Å². The van der Waals surface area contributed by atoms with Crippen molar-refractivity contribution in [3.63, 3.8) is 0 Å². The number of para-hydroxylation sites is 1. The second-order valence-electron chi connectivity index (χ2n) is 6.55. The van der Waals surface area contributed by atoms with Crippen molar-refractivity contribution < 1.29 is 14.3 Å². The first kappa shape index (κ1) is 17.3. The predicted molar refractivity (Wildman–Crippen MR) is 97.9 cm³/mol. The van der Waals surface area contributed by atoms with Crippen molar-refractivity contribution in [2.24, 2.45) is 5.92 Å². The highest BCUT2D eigenvalue weighted by atomic mass is 16.5. The van der Waals surface area contributed by atoms with Crippen molar-refractivity contribution in [2.45, 2.75) is 19.8 Å². The summed E-state index contributed by atoms with van der Waals surface area (Å²) in [5.41, 5.74) is 1.20. The van der Waals surface area contributed by atoms with Crippen LogP contribution in [0.4, 0.5) is 0 Å². The molecule has 1 fully saturated rings. The third-order valence-electron chi connectivity index (χ3n) is 4.55. The molecule has 0 radical (unpaired) electrons. The summed E-state index contributed by atoms with van der Waals surface area (Å²) in [4.78, 5) is 14.2. The fourth-order valence-corrected chi connectivity index (χ4v) is 3.02. The Bertz CT molecular complexity index is 679. The van der Waals surface area contributed by atoms with Crippen molar-refractivity contribution >= 4 is 5.91 Å². The van der Waals surface area contributed by atoms with Crippen molar-refractivity contribution in [3.05, 3.63) is 60.2 Å². The second-order valence-corrected chi connectivity index (χ2v) is 6.55. The zero-order valence-corrected chi connectivity index (χ0v) is 14.7. The third kappa shape index (κ3) is 5.24. The number of hydrogen-bond donors (Lipinski definition) is 0. The molecule has 132 valence electrons. The quantitative estimate of drug-likeness (QED) is 0.806. The van der Waals surface area contributed by atoms with Crippen molar-refractivity contribution in [2.75, 3.05) is 26.3 Å². The Morgan fingerprint density at radius 2 is 1.72 bits per heavy atom. The molecule has 0 spiro atoms. The molecule has 0 saturated carbocycles. The smallest absolute Gasteiger partial charge is 0.260 e. The SMILES string of the molecule is Cc1cccc(OCC2CCN(C(=O)COc3ccccc3)CC2)c1. The van der Waals surface area contributed by atoms with E-state index in [9.17, 15) is 4.79 Å². The average molecular weight is 339 g/mol. The molecule has 0 N–H and O–H groups in total. The number of benzene rings is 2. The van der Waals surface area contributed by atoms with Crippen molar-refractivity contribution in [1.82, 2.24) is 4.90 Å². The fraction of sp³-hybridized carbons (Fsp3) is 0.381. The van der Waals surface area contributed by atoms with Crippen LogP contribution in [0.15, 0.2) is 54.6 Å². The molecule has 1 heterocycles. The lowest BCUT2D eigenvalue weighted by atomic mass is 9.98. The third-order valence-corrected chi connectivity index (χ3v) is 4.55. The van der Waals surface area contributed by atoms with Gasteiger partial charge in [-0.15, -0.1) is 0 Å². The molecule has 1 amide bonds. The standard InChI is InChI=1S/C21H25NO3/c1-17-6-5-9-20(14-17)24-15-18-10-12-22(13-11-18)21(23)16-25-19-7-3-2-4-8-19/h2-9,14,18H,10-13,15-16H2,1H3. The number of carbonyl (C=O) groups excluding carboxylic acids is 1. The fourth-order valence-electron chi connectivity index (χ4n) is 3.02. The molecule has 1 saturated heterocycles. The van der Waals surface area contributed by atoms with Crippen LogP contribution in [-0.4, -0.2) is 37.1 Å². The maximum atomic E-state index is 12.3. The monoisotopic (exact) mass is 339 g/mol. The van der Waals surface area contributed by atoms with Crippen molar-refractivity contribution in [1.29, 1.82) is 0 Å². The highest BCUT2D eigenvalue weighted by Crippen LogP contribution is 2.20. The number of aryl methyl sites for hydroxylation is 1. The summed E-state index contributed by atoms with van der Waals surface area (Å²) in [6, 6.07) is 17.6. The molecule has 4 nitrogen and oxygen atoms in total. The first-order valence-electron chi connectivity index (χ1n) is 8.86. The number of nitrogens with zero attached hydrogens (tertiary/aromatic N) is 1. The van der Waals surface area contributed by atoms with Crippen molar-refractivity contribution in [3.8, 4) is 11.5 Å². The van der Waals surface area contributed by atoms with Gasteiger partial charge in [0.05, 0.1) is 6.61 Å². The van der Waals surface area contributed by atoms with Crippen LogP contribution >= 0.6 is 0 Å². The molecular formula is C21H25NO3. The Morgan fingerprint density at radius 1 is 1.00 bits per heavy atom. The van der Waals surface area contributed by atoms with E-state index in [2.05, 4.69) is 19.1 Å². The minimum atomic E-state index is 0.0573. The van der Waals surface area contributed by atoms with E-state index in [-0.39, 0.29) is 12.5 Å². The van der Waals surface area contributed by atoms with Crippen LogP contribution in [0.1, 0.15) is 18.4 Å². The number of amides is 1. The Labute approximate surface area is 149 Å². The van der Waals surface area contributed by atoms with Gasteiger partial charge in [0.1, 0.15) is 11.5 Å². The van der Waals surface area contributed by atoms with Gasteiger partial charge in [-0.2, -0.15) is 0 Å². The normalized spacial score (nSPS) is 15.0. The first-order valence-corrected chi connectivity index (χ1v) is 8.86. The van der Waals surface area contributed by atoms with E-state index in [1.54, 1.807) is 0 Å². The van der Waals surface area contributed by atoms with E-state index in [0.717, 1.165) is 37.4 Å². The molecule has 1 aliphatic rings. The van der Waals surface area contributed by atoms with Crippen LogP contribution in [0.5, 0.6) is 11.5 Å². The highest BCUT2D eigenvalue weighted by molar-refractivity contribution is 5.77. The molecule has 0 atom stereocenters. The van der Waals surface area contributed by atoms with E-state index < -0.39 is 0 Å². The van der Waals surface area contributed by atoms with Gasteiger partial charge in [-0.05, 0) is 55.5 Å². The van der Waals surface area contributed by atoms with Gasteiger partial charge in [-0.3, -0.25) is 4.79 Å². The predicted octanol–water partition coefficient (Wildman–Crippen LogP) is 3.69. The molecule has 0 unspecified atom stereocenters. The summed E-state index contributed by atoms with van der Waals surface area (Å²) in [6.45, 7) is 4.44. The Kier molecular flexibility index (Phi) is 5.94. The zero-order valence-electron chi connectivity index (χ0n) is 14.7. The summed E-state index contributed by atoms with van der Waals surface area (Å²) in [5.74, 6) is 2.22. The molecule has 0 aliphatic carbocycles. The molecule has 2 aromatic rings. The van der Waals surface area contributed by atoms with E-state index >= 15 is 0 Å². The maximum absolute atomic E-state index is 12.3. The summed E-state index contributed by atoms with van der Waals surface area (Å²) in [5, 5.41) is 0. The zero-order chi connectivity index (χ0) is 17.5. The minimum absolute atomic E-state index is 0.0573. The van der Waals surface area contributed by atoms with E-state index in [4.69, 9.17) is 9.47 Å². The summed E-state index contributed by atoms with van der Waals surface area (Å²) in [6.07, 6.45) is 1.95. The van der Waals surface area contributed by atoms with Gasteiger partial charge < -0.3 is 14.4 Å². The molecule has 0 bridgehead atoms. The number of carbonyl (C=O) groups is 1. The number of likely N-dealkylation sites (tertiary alicyclic amines) is 1. The molecule has 25 heavy (non-hydrogen) atoms. The van der Waals surface area contributed by atoms with Gasteiger partial charge in [0.25, 0.3) is 5.91 Å². The number of rotatable bonds is 6. The first-order chi connectivity index (χ1) is 12.2. The van der Waals surface area contributed by atoms with Gasteiger partial charge in [0, 0.05) is 13.1 Å². The Morgan fingerprint density at radius 3 is 2.44 bits per heavy atom. The lowest BCUT2D eigenvalue weighted by Gasteiger charge is -2.31. The van der Waals surface area contributed by atoms with Crippen LogP contribution in [0.2, 0.25) is 0 Å². The maximum Gasteiger partial charge on any atom is 0.260 e. The summed E-state index contributed by atoms with van der Waals surface area (Å²) < 4.78 is 11.4. The van der Waals surface area contributed by atoms with Gasteiger partial charge in [0.15, 0.2) is 6.61 Å². The topological polar surface area (TPSA) is 38.8 Å². The second kappa shape index (κ2) is 8.56. The summed E-state index contributed by atoms with van der Waals surface area (Å²) in [7, 11) is 0.